The van der Waals surface area contributed by atoms with E-state index in [1.54, 1.807) is 18.2 Å². The number of nitrogens with zero attached hydrogens (tertiary/aromatic N) is 3. The minimum absolute atomic E-state index is 0.0607. The van der Waals surface area contributed by atoms with Gasteiger partial charge in [0.1, 0.15) is 6.04 Å². The zero-order valence-corrected chi connectivity index (χ0v) is 20.7. The molecule has 1 unspecified atom stereocenters. The van der Waals surface area contributed by atoms with Gasteiger partial charge in [0, 0.05) is 4.47 Å². The van der Waals surface area contributed by atoms with Crippen molar-refractivity contribution >= 4 is 56.7 Å². The Balaban J connectivity index is 1.74. The number of carbonyl (C=O) groups excluding carboxylic acids is 2. The van der Waals surface area contributed by atoms with E-state index in [0.717, 1.165) is 4.47 Å². The van der Waals surface area contributed by atoms with Gasteiger partial charge < -0.3 is 19.5 Å². The number of ether oxygens (including phenoxy) is 3. The predicted octanol–water partition coefficient (Wildman–Crippen LogP) is 2.02. The molecule has 1 aromatic carbocycles. The number of aromatic nitrogens is 2. The summed E-state index contributed by atoms with van der Waals surface area (Å²) in [6.07, 6.45) is -0.719. The van der Waals surface area contributed by atoms with Crippen molar-refractivity contribution < 1.29 is 23.8 Å². The Morgan fingerprint density at radius 3 is 2.73 bits per heavy atom. The minimum atomic E-state index is -0.982. The molecular formula is C20H24BrN5O6S. The largest absolute Gasteiger partial charge is 0.453 e. The topological polar surface area (TPSA) is 126 Å². The molecule has 1 atom stereocenters. The number of anilines is 1. The number of aromatic amines is 1. The summed E-state index contributed by atoms with van der Waals surface area (Å²) in [6, 6.07) is 4.27. The van der Waals surface area contributed by atoms with Crippen LogP contribution < -0.4 is 15.3 Å². The fourth-order valence-corrected chi connectivity index (χ4v) is 5.04. The van der Waals surface area contributed by atoms with Crippen LogP contribution >= 0.6 is 27.9 Å². The van der Waals surface area contributed by atoms with E-state index >= 15 is 0 Å². The third kappa shape index (κ3) is 4.81. The zero-order chi connectivity index (χ0) is 23.8. The molecule has 2 saturated heterocycles. The lowest BCUT2D eigenvalue weighted by molar-refractivity contribution is -0.167. The maximum absolute atomic E-state index is 13.7. The van der Waals surface area contributed by atoms with E-state index in [1.807, 2.05) is 13.8 Å². The summed E-state index contributed by atoms with van der Waals surface area (Å²) in [4.78, 5) is 45.7. The van der Waals surface area contributed by atoms with Crippen molar-refractivity contribution in [3.05, 3.63) is 33.0 Å². The fraction of sp³-hybridized carbons (Fsp3) is 0.500. The van der Waals surface area contributed by atoms with Crippen molar-refractivity contribution in [1.82, 2.24) is 20.3 Å². The molecule has 13 heteroatoms. The van der Waals surface area contributed by atoms with Crippen molar-refractivity contribution in [2.45, 2.75) is 25.7 Å². The van der Waals surface area contributed by atoms with E-state index in [9.17, 15) is 14.4 Å². The molecule has 0 saturated carbocycles. The Hall–Kier alpha value is -2.35. The molecule has 1 aromatic heterocycles. The lowest BCUT2D eigenvalue weighted by Crippen LogP contribution is -2.63. The maximum atomic E-state index is 13.7. The van der Waals surface area contributed by atoms with Crippen LogP contribution in [0.2, 0.25) is 0 Å². The minimum Gasteiger partial charge on any atom is -0.453 e. The summed E-state index contributed by atoms with van der Waals surface area (Å²) in [5.74, 6) is -1.08. The van der Waals surface area contributed by atoms with Crippen molar-refractivity contribution in [3.8, 4) is 0 Å². The van der Waals surface area contributed by atoms with Crippen LogP contribution in [0.4, 0.5) is 10.7 Å². The third-order valence-corrected chi connectivity index (χ3v) is 6.99. The van der Waals surface area contributed by atoms with Gasteiger partial charge in [-0.15, -0.1) is 0 Å². The first kappa shape index (κ1) is 23.8. The number of H-pyrrole nitrogens is 1. The molecule has 2 aliphatic heterocycles. The van der Waals surface area contributed by atoms with Gasteiger partial charge in [0.25, 0.3) is 11.5 Å². The first-order valence-electron chi connectivity index (χ1n) is 10.3. The van der Waals surface area contributed by atoms with Crippen LogP contribution in [0.25, 0.3) is 10.9 Å². The van der Waals surface area contributed by atoms with Crippen molar-refractivity contribution in [3.63, 3.8) is 0 Å². The highest BCUT2D eigenvalue weighted by molar-refractivity contribution is 9.10. The molecule has 1 spiro atoms. The number of benzene rings is 1. The number of fused-ring (bicyclic) bond motifs is 1. The van der Waals surface area contributed by atoms with E-state index < -0.39 is 23.8 Å². The first-order chi connectivity index (χ1) is 15.7. The first-order valence-corrected chi connectivity index (χ1v) is 12.0. The Kier molecular flexibility index (Phi) is 6.84. The highest BCUT2D eigenvalue weighted by Gasteiger charge is 2.48. The monoisotopic (exact) mass is 541 g/mol. The molecule has 0 radical (unpaired) electrons. The summed E-state index contributed by atoms with van der Waals surface area (Å²) in [6.45, 7) is 4.51. The van der Waals surface area contributed by atoms with Gasteiger partial charge in [0.05, 0.1) is 43.5 Å². The van der Waals surface area contributed by atoms with Gasteiger partial charge in [0.2, 0.25) is 5.95 Å². The van der Waals surface area contributed by atoms with Gasteiger partial charge in [0.15, 0.2) is 5.79 Å². The molecule has 4 rings (SSSR count). The average Bonchev–Trinajstić information content (AvgIpc) is 3.23. The molecule has 2 amide bonds. The molecule has 0 aliphatic carbocycles. The Labute approximate surface area is 202 Å². The van der Waals surface area contributed by atoms with Crippen LogP contribution in [-0.2, 0) is 19.0 Å². The molecular weight excluding hydrogens is 518 g/mol. The number of hydrazine groups is 1. The fourth-order valence-electron chi connectivity index (χ4n) is 3.63. The molecule has 2 aromatic rings. The van der Waals surface area contributed by atoms with Crippen LogP contribution in [-0.4, -0.2) is 71.4 Å². The summed E-state index contributed by atoms with van der Waals surface area (Å²) in [5.41, 5.74) is 0.134. The second-order valence-electron chi connectivity index (χ2n) is 7.96. The third-order valence-electron chi connectivity index (χ3n) is 5.31. The van der Waals surface area contributed by atoms with Crippen LogP contribution in [0.15, 0.2) is 27.5 Å². The van der Waals surface area contributed by atoms with Crippen LogP contribution in [0, 0.1) is 5.92 Å². The van der Waals surface area contributed by atoms with Crippen LogP contribution in [0.3, 0.4) is 0 Å². The van der Waals surface area contributed by atoms with E-state index in [2.05, 4.69) is 31.2 Å². The number of alkyl carbamates (subject to hydrolysis) is 1. The maximum Gasteiger partial charge on any atom is 0.407 e. The highest BCUT2D eigenvalue weighted by Crippen LogP contribution is 2.36. The van der Waals surface area contributed by atoms with Gasteiger partial charge in [-0.2, -0.15) is 4.41 Å². The number of hydrogen-bond donors (Lipinski definition) is 2. The Bertz CT molecular complexity index is 1120. The van der Waals surface area contributed by atoms with Gasteiger partial charge in [-0.05, 0) is 36.1 Å². The average molecular weight is 542 g/mol. The van der Waals surface area contributed by atoms with E-state index in [-0.39, 0.29) is 24.0 Å². The smallest absolute Gasteiger partial charge is 0.407 e. The number of hydrogen-bond acceptors (Lipinski definition) is 9. The van der Waals surface area contributed by atoms with E-state index in [4.69, 9.17) is 14.2 Å². The number of nitrogens with one attached hydrogen (secondary N) is 2. The zero-order valence-electron chi connectivity index (χ0n) is 18.3. The van der Waals surface area contributed by atoms with Crippen LogP contribution in [0.5, 0.6) is 0 Å². The van der Waals surface area contributed by atoms with Gasteiger partial charge in [-0.3, -0.25) is 14.6 Å². The quantitative estimate of drug-likeness (QED) is 0.558. The molecule has 0 bridgehead atoms. The number of halogens is 1. The second-order valence-corrected chi connectivity index (χ2v) is 9.77. The van der Waals surface area contributed by atoms with Gasteiger partial charge in [-0.25, -0.2) is 14.8 Å². The van der Waals surface area contributed by atoms with E-state index in [1.165, 1.54) is 28.5 Å². The Morgan fingerprint density at radius 2 is 2.06 bits per heavy atom. The lowest BCUT2D eigenvalue weighted by Gasteiger charge is -2.45. The Morgan fingerprint density at radius 1 is 1.33 bits per heavy atom. The predicted molar refractivity (Wildman–Crippen MR) is 126 cm³/mol. The molecule has 33 heavy (non-hydrogen) atoms. The lowest BCUT2D eigenvalue weighted by atomic mass is 10.0. The summed E-state index contributed by atoms with van der Waals surface area (Å²) >= 11 is 4.62. The summed E-state index contributed by atoms with van der Waals surface area (Å²) < 4.78 is 18.6. The molecule has 2 fully saturated rings. The number of amides is 2. The molecule has 11 nitrogen and oxygen atoms in total. The van der Waals surface area contributed by atoms with Crippen LogP contribution in [0.1, 0.15) is 13.8 Å². The van der Waals surface area contributed by atoms with Gasteiger partial charge in [-0.1, -0.05) is 29.8 Å². The number of rotatable bonds is 4. The van der Waals surface area contributed by atoms with Crippen molar-refractivity contribution in [2.24, 2.45) is 5.92 Å². The SMILES string of the molecule is COC(=O)NC(C(=O)N1CC2(CSN1c1nc3cc(Br)ccc3c(=O)[nH]1)OCCO2)C(C)C. The standard InChI is InChI=1S/C20H24BrN5O6S/c1-11(2)15(23-19(29)30-3)17(28)25-9-20(31-6-7-32-20)10-33-26(25)18-22-14-8-12(21)4-5-13(14)16(27)24-18/h4-5,8,11,15H,6-7,9-10H2,1-3H3,(H,23,29)(H,22,24,27). The van der Waals surface area contributed by atoms with Crippen molar-refractivity contribution in [1.29, 1.82) is 0 Å². The van der Waals surface area contributed by atoms with E-state index in [0.29, 0.717) is 29.9 Å². The molecule has 3 heterocycles. The normalized spacial score (nSPS) is 18.7. The molecule has 2 N–H and O–H groups in total. The summed E-state index contributed by atoms with van der Waals surface area (Å²) in [5, 5.41) is 4.41. The van der Waals surface area contributed by atoms with Gasteiger partial charge >= 0.3 is 6.09 Å². The summed E-state index contributed by atoms with van der Waals surface area (Å²) in [7, 11) is 1.23. The number of carbonyl (C=O) groups is 2. The second kappa shape index (κ2) is 9.49. The highest BCUT2D eigenvalue weighted by atomic mass is 79.9. The molecule has 2 aliphatic rings. The van der Waals surface area contributed by atoms with Crippen molar-refractivity contribution in [2.75, 3.05) is 37.0 Å². The number of methoxy groups -OCH3 is 1. The molecule has 178 valence electrons.